The normalized spacial score (nSPS) is 23.4. The van der Waals surface area contributed by atoms with Crippen LogP contribution in [0.2, 0.25) is 0 Å². The minimum atomic E-state index is 0.298. The Morgan fingerprint density at radius 1 is 1.29 bits per heavy atom. The van der Waals surface area contributed by atoms with Crippen molar-refractivity contribution >= 4 is 11.7 Å². The molecule has 1 aromatic heterocycles. The van der Waals surface area contributed by atoms with Crippen LogP contribution < -0.4 is 4.90 Å². The number of carbonyl (C=O) groups excluding carboxylic acids is 1. The number of pyridine rings is 1. The molecule has 24 heavy (non-hydrogen) atoms. The van der Waals surface area contributed by atoms with Crippen molar-refractivity contribution < 1.29 is 4.79 Å². The Morgan fingerprint density at radius 2 is 2.08 bits per heavy atom. The number of nitriles is 1. The Morgan fingerprint density at radius 3 is 2.79 bits per heavy atom. The van der Waals surface area contributed by atoms with E-state index in [0.717, 1.165) is 63.6 Å². The molecular weight excluding hydrogens is 300 g/mol. The van der Waals surface area contributed by atoms with Crippen molar-refractivity contribution in [2.75, 3.05) is 31.1 Å². The Bertz CT molecular complexity index is 668. The van der Waals surface area contributed by atoms with Crippen molar-refractivity contribution in [1.29, 1.82) is 5.26 Å². The van der Waals surface area contributed by atoms with Gasteiger partial charge in [0, 0.05) is 38.8 Å². The van der Waals surface area contributed by atoms with Crippen molar-refractivity contribution in [3.63, 3.8) is 0 Å². The molecule has 2 aliphatic heterocycles. The molecule has 1 spiro atoms. The van der Waals surface area contributed by atoms with E-state index in [-0.39, 0.29) is 0 Å². The molecule has 4 rings (SSSR count). The Hall–Kier alpha value is -2.09. The summed E-state index contributed by atoms with van der Waals surface area (Å²) in [6.07, 6.45) is 8.28. The molecule has 126 valence electrons. The number of rotatable bonds is 3. The average molecular weight is 324 g/mol. The number of hydrogen-bond acceptors (Lipinski definition) is 4. The summed E-state index contributed by atoms with van der Waals surface area (Å²) >= 11 is 0. The lowest BCUT2D eigenvalue weighted by atomic mass is 9.72. The van der Waals surface area contributed by atoms with Gasteiger partial charge < -0.3 is 9.80 Å². The van der Waals surface area contributed by atoms with Crippen LogP contribution in [0.25, 0.3) is 0 Å². The fourth-order valence-electron chi connectivity index (χ4n) is 4.16. The second kappa shape index (κ2) is 6.08. The topological polar surface area (TPSA) is 60.2 Å². The van der Waals surface area contributed by atoms with Crippen LogP contribution in [0.1, 0.15) is 44.1 Å². The first-order chi connectivity index (χ1) is 11.7. The number of aromatic nitrogens is 1. The summed E-state index contributed by atoms with van der Waals surface area (Å²) in [4.78, 5) is 21.1. The van der Waals surface area contributed by atoms with Gasteiger partial charge in [-0.2, -0.15) is 5.26 Å². The van der Waals surface area contributed by atoms with Crippen LogP contribution in [0.5, 0.6) is 0 Å². The summed E-state index contributed by atoms with van der Waals surface area (Å²) in [6.45, 7) is 3.86. The number of carbonyl (C=O) groups is 1. The summed E-state index contributed by atoms with van der Waals surface area (Å²) < 4.78 is 0. The zero-order valence-corrected chi connectivity index (χ0v) is 14.1. The van der Waals surface area contributed by atoms with E-state index in [0.29, 0.717) is 16.9 Å². The van der Waals surface area contributed by atoms with E-state index in [1.54, 1.807) is 12.3 Å². The molecule has 0 aromatic carbocycles. The Labute approximate surface area is 143 Å². The van der Waals surface area contributed by atoms with Crippen molar-refractivity contribution in [3.8, 4) is 6.07 Å². The quantitative estimate of drug-likeness (QED) is 0.857. The fraction of sp³-hybridized carbons (Fsp3) is 0.632. The first-order valence-corrected chi connectivity index (χ1v) is 9.06. The number of likely N-dealkylation sites (tertiary alicyclic amines) is 1. The van der Waals surface area contributed by atoms with Crippen molar-refractivity contribution in [2.24, 2.45) is 11.3 Å². The minimum absolute atomic E-state index is 0.298. The number of anilines is 1. The van der Waals surface area contributed by atoms with Gasteiger partial charge in [-0.1, -0.05) is 0 Å². The molecule has 0 unspecified atom stereocenters. The third-order valence-corrected chi connectivity index (χ3v) is 5.95. The predicted octanol–water partition coefficient (Wildman–Crippen LogP) is 2.57. The van der Waals surface area contributed by atoms with Gasteiger partial charge in [0.1, 0.15) is 5.82 Å². The molecule has 1 aliphatic carbocycles. The van der Waals surface area contributed by atoms with Gasteiger partial charge >= 0.3 is 0 Å². The molecule has 0 atom stereocenters. The van der Waals surface area contributed by atoms with Crippen LogP contribution in [0, 0.1) is 22.7 Å². The Kier molecular flexibility index (Phi) is 3.91. The van der Waals surface area contributed by atoms with E-state index in [1.165, 1.54) is 12.8 Å². The lowest BCUT2D eigenvalue weighted by Crippen LogP contribution is -2.52. The fourth-order valence-corrected chi connectivity index (χ4v) is 4.16. The van der Waals surface area contributed by atoms with E-state index >= 15 is 0 Å². The van der Waals surface area contributed by atoms with Crippen molar-refractivity contribution in [3.05, 3.63) is 23.9 Å². The summed E-state index contributed by atoms with van der Waals surface area (Å²) in [5.74, 6) is 2.03. The zero-order chi connectivity index (χ0) is 16.6. The van der Waals surface area contributed by atoms with Crippen LogP contribution >= 0.6 is 0 Å². The van der Waals surface area contributed by atoms with Crippen LogP contribution in [-0.2, 0) is 4.79 Å². The second-order valence-electron chi connectivity index (χ2n) is 7.72. The largest absolute Gasteiger partial charge is 0.357 e. The first-order valence-electron chi connectivity index (χ1n) is 9.06. The highest BCUT2D eigenvalue weighted by Crippen LogP contribution is 2.42. The number of amides is 1. The summed E-state index contributed by atoms with van der Waals surface area (Å²) in [7, 11) is 0. The zero-order valence-electron chi connectivity index (χ0n) is 14.1. The molecule has 3 fully saturated rings. The van der Waals surface area contributed by atoms with Crippen molar-refractivity contribution in [2.45, 2.75) is 38.5 Å². The van der Waals surface area contributed by atoms with Gasteiger partial charge in [-0.25, -0.2) is 4.98 Å². The third kappa shape index (κ3) is 3.10. The summed E-state index contributed by atoms with van der Waals surface area (Å²) in [5.41, 5.74) is 0.964. The van der Waals surface area contributed by atoms with Crippen LogP contribution in [0.3, 0.4) is 0 Å². The van der Waals surface area contributed by atoms with Gasteiger partial charge in [0.15, 0.2) is 0 Å². The number of nitrogens with zero attached hydrogens (tertiary/aromatic N) is 4. The lowest BCUT2D eigenvalue weighted by molar-refractivity contribution is -0.138. The number of hydrogen-bond donors (Lipinski definition) is 0. The highest BCUT2D eigenvalue weighted by atomic mass is 16.2. The van der Waals surface area contributed by atoms with E-state index < -0.39 is 0 Å². The standard InChI is InChI=1S/C19H24N4O/c20-12-16-4-8-21-17(11-16)22-9-6-19(7-10-22)5-3-18(24)23(14-19)13-15-1-2-15/h4,8,11,15H,1-3,5-7,9-10,13-14H2. The van der Waals surface area contributed by atoms with Gasteiger partial charge in [0.05, 0.1) is 11.6 Å². The Balaban J connectivity index is 1.41. The summed E-state index contributed by atoms with van der Waals surface area (Å²) in [6, 6.07) is 5.81. The van der Waals surface area contributed by atoms with E-state index in [4.69, 9.17) is 5.26 Å². The third-order valence-electron chi connectivity index (χ3n) is 5.95. The molecule has 1 saturated carbocycles. The molecule has 3 heterocycles. The van der Waals surface area contributed by atoms with Gasteiger partial charge in [-0.05, 0) is 55.6 Å². The lowest BCUT2D eigenvalue weighted by Gasteiger charge is -2.47. The molecule has 1 amide bonds. The van der Waals surface area contributed by atoms with Crippen LogP contribution in [-0.4, -0.2) is 42.0 Å². The molecule has 5 nitrogen and oxygen atoms in total. The molecule has 2 saturated heterocycles. The van der Waals surface area contributed by atoms with Crippen LogP contribution in [0.4, 0.5) is 5.82 Å². The van der Waals surface area contributed by atoms with Gasteiger partial charge in [-0.3, -0.25) is 4.79 Å². The number of piperidine rings is 2. The SMILES string of the molecule is N#Cc1ccnc(N2CCC3(CCC(=O)N(CC4CC4)C3)CC2)c1. The maximum atomic E-state index is 12.2. The maximum absolute atomic E-state index is 12.2. The highest BCUT2D eigenvalue weighted by Gasteiger charge is 2.42. The molecular formula is C19H24N4O. The maximum Gasteiger partial charge on any atom is 0.222 e. The predicted molar refractivity (Wildman–Crippen MR) is 91.4 cm³/mol. The van der Waals surface area contributed by atoms with Crippen LogP contribution in [0.15, 0.2) is 18.3 Å². The van der Waals surface area contributed by atoms with Gasteiger partial charge in [0.25, 0.3) is 0 Å². The first kappa shape index (κ1) is 15.4. The molecule has 1 aromatic rings. The minimum Gasteiger partial charge on any atom is -0.357 e. The molecule has 0 radical (unpaired) electrons. The summed E-state index contributed by atoms with van der Waals surface area (Å²) in [5, 5.41) is 9.06. The monoisotopic (exact) mass is 324 g/mol. The van der Waals surface area contributed by atoms with E-state index in [1.807, 2.05) is 6.07 Å². The smallest absolute Gasteiger partial charge is 0.222 e. The van der Waals surface area contributed by atoms with Gasteiger partial charge in [-0.15, -0.1) is 0 Å². The van der Waals surface area contributed by atoms with E-state index in [2.05, 4.69) is 20.9 Å². The highest BCUT2D eigenvalue weighted by molar-refractivity contribution is 5.77. The van der Waals surface area contributed by atoms with Crippen molar-refractivity contribution in [1.82, 2.24) is 9.88 Å². The molecule has 5 heteroatoms. The molecule has 0 bridgehead atoms. The van der Waals surface area contributed by atoms with E-state index in [9.17, 15) is 4.79 Å². The average Bonchev–Trinajstić information content (AvgIpc) is 3.43. The molecule has 0 N–H and O–H groups in total. The second-order valence-corrected chi connectivity index (χ2v) is 7.72. The molecule has 3 aliphatic rings. The van der Waals surface area contributed by atoms with Gasteiger partial charge in [0.2, 0.25) is 5.91 Å².